The highest BCUT2D eigenvalue weighted by Crippen LogP contribution is 2.34. The van der Waals surface area contributed by atoms with E-state index in [0.717, 1.165) is 17.7 Å². The van der Waals surface area contributed by atoms with Gasteiger partial charge in [0, 0.05) is 6.54 Å². The molecular formula is C9H13FN2O4S. The van der Waals surface area contributed by atoms with E-state index in [0.29, 0.717) is 12.8 Å². The molecule has 0 atom stereocenters. The third-order valence-electron chi connectivity index (χ3n) is 3.26. The van der Waals surface area contributed by atoms with Crippen molar-refractivity contribution in [2.75, 3.05) is 12.3 Å². The van der Waals surface area contributed by atoms with Crippen LogP contribution in [0.15, 0.2) is 0 Å². The molecule has 0 aromatic heterocycles. The van der Waals surface area contributed by atoms with E-state index < -0.39 is 40.0 Å². The number of hydrogen-bond acceptors (Lipinski definition) is 4. The summed E-state index contributed by atoms with van der Waals surface area (Å²) in [4.78, 5) is 24.3. The first-order chi connectivity index (χ1) is 7.84. The summed E-state index contributed by atoms with van der Waals surface area (Å²) in [6.07, 6.45) is 2.83. The normalized spacial score (nSPS) is 23.5. The third-order valence-corrected chi connectivity index (χ3v) is 3.93. The zero-order valence-corrected chi connectivity index (χ0v) is 9.93. The van der Waals surface area contributed by atoms with Crippen LogP contribution in [0.1, 0.15) is 25.7 Å². The van der Waals surface area contributed by atoms with E-state index in [-0.39, 0.29) is 0 Å². The summed E-state index contributed by atoms with van der Waals surface area (Å²) in [6.45, 7) is -0.425. The van der Waals surface area contributed by atoms with Gasteiger partial charge in [-0.25, -0.2) is 4.79 Å². The summed E-state index contributed by atoms with van der Waals surface area (Å²) in [5.41, 5.74) is -0.864. The first-order valence-corrected chi connectivity index (χ1v) is 6.96. The van der Waals surface area contributed by atoms with Crippen molar-refractivity contribution in [1.29, 1.82) is 0 Å². The molecule has 0 unspecified atom stereocenters. The monoisotopic (exact) mass is 264 g/mol. The molecule has 0 aromatic rings. The van der Waals surface area contributed by atoms with Crippen molar-refractivity contribution >= 4 is 22.2 Å². The lowest BCUT2D eigenvalue weighted by molar-refractivity contribution is -0.130. The second kappa shape index (κ2) is 3.94. The summed E-state index contributed by atoms with van der Waals surface area (Å²) in [6, 6.07) is -0.624. The van der Waals surface area contributed by atoms with E-state index in [4.69, 9.17) is 0 Å². The summed E-state index contributed by atoms with van der Waals surface area (Å²) >= 11 is 0. The maximum Gasteiger partial charge on any atom is 0.325 e. The van der Waals surface area contributed by atoms with Gasteiger partial charge >= 0.3 is 16.3 Å². The molecule has 1 N–H and O–H groups in total. The van der Waals surface area contributed by atoms with Crippen LogP contribution in [0.5, 0.6) is 0 Å². The van der Waals surface area contributed by atoms with Gasteiger partial charge in [0.1, 0.15) is 5.54 Å². The SMILES string of the molecule is O=C1NC2(CCCC2)C(=O)N1CCS(=O)(=O)F. The number of imide groups is 1. The van der Waals surface area contributed by atoms with Crippen molar-refractivity contribution in [3.05, 3.63) is 0 Å². The predicted molar refractivity (Wildman–Crippen MR) is 56.3 cm³/mol. The Balaban J connectivity index is 2.09. The van der Waals surface area contributed by atoms with Gasteiger partial charge in [-0.05, 0) is 12.8 Å². The molecule has 3 amide bonds. The number of rotatable bonds is 3. The van der Waals surface area contributed by atoms with Crippen LogP contribution in [-0.2, 0) is 15.0 Å². The van der Waals surface area contributed by atoms with Gasteiger partial charge < -0.3 is 5.32 Å². The summed E-state index contributed by atoms with van der Waals surface area (Å²) < 4.78 is 33.1. The van der Waals surface area contributed by atoms with Crippen molar-refractivity contribution in [2.45, 2.75) is 31.2 Å². The van der Waals surface area contributed by atoms with Crippen LogP contribution in [0.2, 0.25) is 0 Å². The molecule has 1 heterocycles. The van der Waals surface area contributed by atoms with Gasteiger partial charge in [-0.1, -0.05) is 12.8 Å². The maximum atomic E-state index is 12.4. The van der Waals surface area contributed by atoms with Crippen molar-refractivity contribution < 1.29 is 21.9 Å². The van der Waals surface area contributed by atoms with Gasteiger partial charge in [0.05, 0.1) is 5.75 Å². The van der Waals surface area contributed by atoms with Gasteiger partial charge in [-0.3, -0.25) is 9.69 Å². The first kappa shape index (κ1) is 12.3. The van der Waals surface area contributed by atoms with Gasteiger partial charge in [0.2, 0.25) is 0 Å². The van der Waals surface area contributed by atoms with E-state index in [9.17, 15) is 21.9 Å². The zero-order valence-electron chi connectivity index (χ0n) is 9.11. The molecule has 2 aliphatic rings. The van der Waals surface area contributed by atoms with Crippen LogP contribution in [0, 0.1) is 0 Å². The lowest BCUT2D eigenvalue weighted by atomic mass is 9.98. The average Bonchev–Trinajstić information content (AvgIpc) is 2.73. The number of nitrogens with one attached hydrogen (secondary N) is 1. The van der Waals surface area contributed by atoms with E-state index in [2.05, 4.69) is 5.32 Å². The highest BCUT2D eigenvalue weighted by atomic mass is 32.3. The van der Waals surface area contributed by atoms with E-state index in [1.807, 2.05) is 0 Å². The van der Waals surface area contributed by atoms with E-state index >= 15 is 0 Å². The van der Waals surface area contributed by atoms with Crippen LogP contribution in [0.4, 0.5) is 8.68 Å². The van der Waals surface area contributed by atoms with Gasteiger partial charge in [0.25, 0.3) is 5.91 Å². The smallest absolute Gasteiger partial charge is 0.323 e. The number of hydrogen-bond donors (Lipinski definition) is 1. The second-order valence-electron chi connectivity index (χ2n) is 4.42. The molecule has 1 saturated heterocycles. The molecule has 1 spiro atoms. The summed E-state index contributed by atoms with van der Waals surface area (Å²) in [7, 11) is -4.67. The molecule has 8 heteroatoms. The Labute approximate surface area is 98.4 Å². The highest BCUT2D eigenvalue weighted by molar-refractivity contribution is 7.86. The fourth-order valence-electron chi connectivity index (χ4n) is 2.40. The Bertz CT molecular complexity index is 456. The topological polar surface area (TPSA) is 83.6 Å². The van der Waals surface area contributed by atoms with Crippen molar-refractivity contribution in [2.24, 2.45) is 0 Å². The average molecular weight is 264 g/mol. The van der Waals surface area contributed by atoms with Crippen LogP contribution in [0.25, 0.3) is 0 Å². The number of nitrogens with zero attached hydrogens (tertiary/aromatic N) is 1. The quantitative estimate of drug-likeness (QED) is 0.581. The van der Waals surface area contributed by atoms with Crippen LogP contribution in [0.3, 0.4) is 0 Å². The standard InChI is InChI=1S/C9H13FN2O4S/c10-17(15,16)6-5-12-7(13)9(11-8(12)14)3-1-2-4-9/h1-6H2,(H,11,14). The lowest BCUT2D eigenvalue weighted by Gasteiger charge is -2.19. The molecule has 1 aliphatic heterocycles. The number of carbonyl (C=O) groups is 2. The van der Waals surface area contributed by atoms with Crippen LogP contribution >= 0.6 is 0 Å². The van der Waals surface area contributed by atoms with Crippen LogP contribution < -0.4 is 5.32 Å². The Morgan fingerprint density at radius 1 is 1.29 bits per heavy atom. The molecule has 1 saturated carbocycles. The zero-order chi connectivity index (χ0) is 12.7. The Hall–Kier alpha value is -1.18. The van der Waals surface area contributed by atoms with Crippen molar-refractivity contribution in [3.8, 4) is 0 Å². The third kappa shape index (κ3) is 2.26. The molecule has 2 fully saturated rings. The molecule has 17 heavy (non-hydrogen) atoms. The fraction of sp³-hybridized carbons (Fsp3) is 0.778. The first-order valence-electron chi connectivity index (χ1n) is 5.41. The minimum absolute atomic E-state index is 0.425. The summed E-state index contributed by atoms with van der Waals surface area (Å²) in [5.74, 6) is -1.27. The molecule has 1 aliphatic carbocycles. The number of carbonyl (C=O) groups excluding carboxylic acids is 2. The van der Waals surface area contributed by atoms with E-state index in [1.54, 1.807) is 0 Å². The predicted octanol–water partition coefficient (Wildman–Crippen LogP) is 0.150. The highest BCUT2D eigenvalue weighted by Gasteiger charge is 2.52. The van der Waals surface area contributed by atoms with Gasteiger partial charge in [0.15, 0.2) is 0 Å². The largest absolute Gasteiger partial charge is 0.325 e. The molecular weight excluding hydrogens is 251 g/mol. The van der Waals surface area contributed by atoms with Crippen molar-refractivity contribution in [3.63, 3.8) is 0 Å². The minimum atomic E-state index is -4.67. The maximum absolute atomic E-state index is 12.4. The minimum Gasteiger partial charge on any atom is -0.323 e. The molecule has 2 rings (SSSR count). The van der Waals surface area contributed by atoms with E-state index in [1.165, 1.54) is 0 Å². The van der Waals surface area contributed by atoms with Gasteiger partial charge in [-0.2, -0.15) is 8.42 Å². The number of urea groups is 1. The molecule has 6 nitrogen and oxygen atoms in total. The summed E-state index contributed by atoms with van der Waals surface area (Å²) in [5, 5.41) is 2.59. The number of amides is 3. The fourth-order valence-corrected chi connectivity index (χ4v) is 2.80. The molecule has 0 radical (unpaired) electrons. The van der Waals surface area contributed by atoms with Crippen LogP contribution in [-0.4, -0.2) is 43.1 Å². The molecule has 96 valence electrons. The number of halogens is 1. The second-order valence-corrected chi connectivity index (χ2v) is 5.91. The Morgan fingerprint density at radius 3 is 2.41 bits per heavy atom. The Kier molecular flexibility index (Phi) is 2.84. The van der Waals surface area contributed by atoms with Crippen molar-refractivity contribution in [1.82, 2.24) is 10.2 Å². The lowest BCUT2D eigenvalue weighted by Crippen LogP contribution is -2.44. The molecule has 0 aromatic carbocycles. The molecule has 0 bridgehead atoms. The Morgan fingerprint density at radius 2 is 1.88 bits per heavy atom. The van der Waals surface area contributed by atoms with Gasteiger partial charge in [-0.15, -0.1) is 3.89 Å².